The topological polar surface area (TPSA) is 55.6 Å². The minimum Gasteiger partial charge on any atom is -0.485 e. The number of amides is 1. The third-order valence-electron chi connectivity index (χ3n) is 5.78. The highest BCUT2D eigenvalue weighted by atomic mass is 16.5. The summed E-state index contributed by atoms with van der Waals surface area (Å²) in [6, 6.07) is 22.2. The van der Waals surface area contributed by atoms with E-state index in [0.717, 1.165) is 33.8 Å². The van der Waals surface area contributed by atoms with Crippen LogP contribution in [0.2, 0.25) is 0 Å². The van der Waals surface area contributed by atoms with Crippen molar-refractivity contribution >= 4 is 11.6 Å². The Morgan fingerprint density at radius 2 is 1.79 bits per heavy atom. The van der Waals surface area contributed by atoms with Crippen molar-refractivity contribution in [3.05, 3.63) is 102 Å². The van der Waals surface area contributed by atoms with E-state index in [0.29, 0.717) is 25.5 Å². The molecule has 2 heterocycles. The zero-order valence-corrected chi connectivity index (χ0v) is 19.5. The summed E-state index contributed by atoms with van der Waals surface area (Å²) in [7, 11) is 0. The van der Waals surface area contributed by atoms with E-state index >= 15 is 0 Å². The Morgan fingerprint density at radius 3 is 2.55 bits per heavy atom. The van der Waals surface area contributed by atoms with Crippen molar-refractivity contribution in [2.75, 3.05) is 6.54 Å². The Labute approximate surface area is 195 Å². The summed E-state index contributed by atoms with van der Waals surface area (Å²) < 4.78 is 8.16. The molecule has 2 aromatic carbocycles. The van der Waals surface area contributed by atoms with Gasteiger partial charge in [-0.2, -0.15) is 0 Å². The Morgan fingerprint density at radius 1 is 1.03 bits per heavy atom. The van der Waals surface area contributed by atoms with E-state index in [4.69, 9.17) is 9.72 Å². The van der Waals surface area contributed by atoms with Gasteiger partial charge in [-0.1, -0.05) is 68.4 Å². The van der Waals surface area contributed by atoms with Crippen molar-refractivity contribution in [1.82, 2.24) is 14.7 Å². The smallest absolute Gasteiger partial charge is 0.221 e. The molecule has 4 aromatic rings. The lowest BCUT2D eigenvalue weighted by Gasteiger charge is -2.20. The predicted octanol–water partition coefficient (Wildman–Crippen LogP) is 5.52. The molecule has 0 aliphatic heterocycles. The molecule has 0 fully saturated rings. The number of carbonyl (C=O) groups is 1. The lowest BCUT2D eigenvalue weighted by molar-refractivity contribution is -0.121. The molecule has 0 spiro atoms. The maximum atomic E-state index is 12.8. The summed E-state index contributed by atoms with van der Waals surface area (Å²) in [6.45, 7) is 7.43. The molecular weight excluding hydrogens is 410 g/mol. The van der Waals surface area contributed by atoms with Crippen LogP contribution in [0, 0.1) is 12.8 Å². The number of rotatable bonds is 9. The van der Waals surface area contributed by atoms with Crippen LogP contribution in [0.4, 0.5) is 0 Å². The van der Waals surface area contributed by atoms with Crippen LogP contribution in [0.3, 0.4) is 0 Å². The third-order valence-corrected chi connectivity index (χ3v) is 5.78. The number of carbonyl (C=O) groups excluding carboxylic acids is 1. The van der Waals surface area contributed by atoms with Crippen LogP contribution in [-0.4, -0.2) is 21.8 Å². The Hall–Kier alpha value is -3.60. The van der Waals surface area contributed by atoms with Gasteiger partial charge in [0.25, 0.3) is 0 Å². The molecule has 5 nitrogen and oxygen atoms in total. The molecule has 0 aliphatic rings. The highest BCUT2D eigenvalue weighted by Crippen LogP contribution is 2.32. The van der Waals surface area contributed by atoms with Crippen molar-refractivity contribution in [3.8, 4) is 5.75 Å². The summed E-state index contributed by atoms with van der Waals surface area (Å²) in [4.78, 5) is 17.5. The van der Waals surface area contributed by atoms with Crippen molar-refractivity contribution in [3.63, 3.8) is 0 Å². The number of hydrogen-bond donors (Lipinski definition) is 1. The van der Waals surface area contributed by atoms with Crippen molar-refractivity contribution in [1.29, 1.82) is 0 Å². The number of benzene rings is 2. The van der Waals surface area contributed by atoms with Crippen LogP contribution in [0.1, 0.15) is 48.6 Å². The van der Waals surface area contributed by atoms with Gasteiger partial charge in [0.15, 0.2) is 11.4 Å². The number of ether oxygens (including phenoxy) is 1. The van der Waals surface area contributed by atoms with E-state index < -0.39 is 0 Å². The second kappa shape index (κ2) is 10.3. The molecule has 0 radical (unpaired) electrons. The van der Waals surface area contributed by atoms with E-state index in [2.05, 4.69) is 38.2 Å². The first kappa shape index (κ1) is 22.6. The highest BCUT2D eigenvalue weighted by Gasteiger charge is 2.24. The molecule has 0 aliphatic carbocycles. The van der Waals surface area contributed by atoms with Gasteiger partial charge in [0.2, 0.25) is 5.91 Å². The predicted molar refractivity (Wildman–Crippen MR) is 131 cm³/mol. The normalized spacial score (nSPS) is 12.1. The van der Waals surface area contributed by atoms with E-state index in [1.165, 1.54) is 0 Å². The zero-order valence-electron chi connectivity index (χ0n) is 19.5. The molecular formula is C28H31N3O2. The minimum absolute atomic E-state index is 0.0448. The van der Waals surface area contributed by atoms with E-state index in [9.17, 15) is 4.79 Å². The lowest BCUT2D eigenvalue weighted by atomic mass is 9.89. The summed E-state index contributed by atoms with van der Waals surface area (Å²) in [6.07, 6.45) is 4.22. The van der Waals surface area contributed by atoms with Crippen LogP contribution in [-0.2, 0) is 11.4 Å². The monoisotopic (exact) mass is 441 g/mol. The Balaban J connectivity index is 1.66. The Kier molecular flexibility index (Phi) is 7.08. The first-order valence-corrected chi connectivity index (χ1v) is 11.5. The zero-order chi connectivity index (χ0) is 23.2. The van der Waals surface area contributed by atoms with Crippen LogP contribution in [0.15, 0.2) is 79.1 Å². The standard InChI is InChI=1S/C28H31N3O2/c1-20(2)17-29-27(32)16-24(23-13-8-7-10-21(23)3)25-18-30-28-26(14-9-15-31(25)28)33-19-22-11-5-4-6-12-22/h4-15,18,20,24H,16-17,19H2,1-3H3,(H,29,32). The van der Waals surface area contributed by atoms with E-state index in [-0.39, 0.29) is 11.8 Å². The molecule has 4 rings (SSSR count). The molecule has 2 aromatic heterocycles. The van der Waals surface area contributed by atoms with Gasteiger partial charge in [-0.15, -0.1) is 0 Å². The van der Waals surface area contributed by atoms with Crippen LogP contribution >= 0.6 is 0 Å². The maximum Gasteiger partial charge on any atom is 0.221 e. The molecule has 1 unspecified atom stereocenters. The van der Waals surface area contributed by atoms with Gasteiger partial charge in [0.1, 0.15) is 6.61 Å². The number of imidazole rings is 1. The van der Waals surface area contributed by atoms with Crippen LogP contribution in [0.25, 0.3) is 5.65 Å². The largest absolute Gasteiger partial charge is 0.485 e. The van der Waals surface area contributed by atoms with Crippen molar-refractivity contribution in [2.24, 2.45) is 5.92 Å². The molecule has 1 atom stereocenters. The van der Waals surface area contributed by atoms with E-state index in [1.807, 2.05) is 71.4 Å². The van der Waals surface area contributed by atoms with Crippen molar-refractivity contribution < 1.29 is 9.53 Å². The molecule has 1 amide bonds. The number of hydrogen-bond acceptors (Lipinski definition) is 3. The molecule has 0 saturated heterocycles. The SMILES string of the molecule is Cc1ccccc1C(CC(=O)NCC(C)C)c1cnc2c(OCc3ccccc3)cccn12. The average molecular weight is 442 g/mol. The summed E-state index contributed by atoms with van der Waals surface area (Å²) in [5.74, 6) is 1.06. The van der Waals surface area contributed by atoms with Gasteiger partial charge in [0, 0.05) is 31.3 Å². The fourth-order valence-corrected chi connectivity index (χ4v) is 4.04. The van der Waals surface area contributed by atoms with Gasteiger partial charge < -0.3 is 14.5 Å². The summed E-state index contributed by atoms with van der Waals surface area (Å²) in [5, 5.41) is 3.07. The second-order valence-corrected chi connectivity index (χ2v) is 8.83. The summed E-state index contributed by atoms with van der Waals surface area (Å²) >= 11 is 0. The fourth-order valence-electron chi connectivity index (χ4n) is 4.04. The highest BCUT2D eigenvalue weighted by molar-refractivity contribution is 5.77. The lowest BCUT2D eigenvalue weighted by Crippen LogP contribution is -2.29. The molecule has 1 N–H and O–H groups in total. The van der Waals surface area contributed by atoms with Crippen LogP contribution < -0.4 is 10.1 Å². The fraction of sp³-hybridized carbons (Fsp3) is 0.286. The first-order valence-electron chi connectivity index (χ1n) is 11.5. The maximum absolute atomic E-state index is 12.8. The van der Waals surface area contributed by atoms with Gasteiger partial charge in [-0.05, 0) is 41.7 Å². The molecule has 5 heteroatoms. The number of pyridine rings is 1. The first-order chi connectivity index (χ1) is 16.0. The van der Waals surface area contributed by atoms with Crippen LogP contribution in [0.5, 0.6) is 5.75 Å². The van der Waals surface area contributed by atoms with E-state index in [1.54, 1.807) is 0 Å². The van der Waals surface area contributed by atoms with Gasteiger partial charge in [-0.3, -0.25) is 4.79 Å². The number of aromatic nitrogens is 2. The quantitative estimate of drug-likeness (QED) is 0.372. The summed E-state index contributed by atoms with van der Waals surface area (Å²) in [5.41, 5.74) is 5.12. The van der Waals surface area contributed by atoms with Crippen molar-refractivity contribution in [2.45, 2.75) is 39.7 Å². The third kappa shape index (κ3) is 5.43. The van der Waals surface area contributed by atoms with Gasteiger partial charge in [0.05, 0.1) is 5.69 Å². The van der Waals surface area contributed by atoms with Gasteiger partial charge in [-0.25, -0.2) is 4.98 Å². The second-order valence-electron chi connectivity index (χ2n) is 8.83. The average Bonchev–Trinajstić information content (AvgIpc) is 3.26. The number of nitrogens with zero attached hydrogens (tertiary/aromatic N) is 2. The number of aryl methyl sites for hydroxylation is 1. The molecule has 0 bridgehead atoms. The minimum atomic E-state index is -0.113. The number of nitrogens with one attached hydrogen (secondary N) is 1. The molecule has 33 heavy (non-hydrogen) atoms. The molecule has 170 valence electrons. The van der Waals surface area contributed by atoms with Gasteiger partial charge >= 0.3 is 0 Å². The molecule has 0 saturated carbocycles. The Bertz CT molecular complexity index is 1210. The number of fused-ring (bicyclic) bond motifs is 1.